The number of sulfonamides is 1. The summed E-state index contributed by atoms with van der Waals surface area (Å²) in [4.78, 5) is 2.43. The van der Waals surface area contributed by atoms with Gasteiger partial charge in [0.1, 0.15) is 11.5 Å². The van der Waals surface area contributed by atoms with Crippen molar-refractivity contribution >= 4 is 10.0 Å². The Morgan fingerprint density at radius 2 is 1.92 bits per heavy atom. The molecular weight excluding hydrogens is 348 g/mol. The molecule has 6 heteroatoms. The summed E-state index contributed by atoms with van der Waals surface area (Å²) in [6.07, 6.45) is 10.2. The molecule has 0 spiro atoms. The van der Waals surface area contributed by atoms with Crippen LogP contribution in [0.4, 0.5) is 0 Å². The zero-order chi connectivity index (χ0) is 19.3. The monoisotopic (exact) mass is 378 g/mol. The second-order valence-corrected chi connectivity index (χ2v) is 9.14. The molecule has 0 amide bonds. The van der Waals surface area contributed by atoms with Crippen LogP contribution in [0.5, 0.6) is 0 Å². The van der Waals surface area contributed by atoms with E-state index >= 15 is 0 Å². The van der Waals surface area contributed by atoms with Gasteiger partial charge in [-0.05, 0) is 38.3 Å². The van der Waals surface area contributed by atoms with Gasteiger partial charge in [-0.3, -0.25) is 4.90 Å². The van der Waals surface area contributed by atoms with Crippen LogP contribution >= 0.6 is 0 Å². The molecule has 1 aliphatic rings. The van der Waals surface area contributed by atoms with E-state index in [1.165, 1.54) is 16.1 Å². The van der Waals surface area contributed by atoms with Crippen molar-refractivity contribution in [1.29, 1.82) is 0 Å². The Morgan fingerprint density at radius 1 is 1.27 bits per heavy atom. The Balaban J connectivity index is 2.15. The third-order valence-electron chi connectivity index (χ3n) is 4.78. The summed E-state index contributed by atoms with van der Waals surface area (Å²) in [6, 6.07) is 4.47. The highest BCUT2D eigenvalue weighted by atomic mass is 32.2. The first-order chi connectivity index (χ1) is 12.2. The van der Waals surface area contributed by atoms with Gasteiger partial charge in [0.15, 0.2) is 0 Å². The third-order valence-corrected chi connectivity index (χ3v) is 6.04. The average Bonchev–Trinajstić information content (AvgIpc) is 2.97. The van der Waals surface area contributed by atoms with E-state index in [-0.39, 0.29) is 6.54 Å². The highest BCUT2D eigenvalue weighted by molar-refractivity contribution is 7.88. The van der Waals surface area contributed by atoms with Crippen molar-refractivity contribution in [3.05, 3.63) is 60.6 Å². The van der Waals surface area contributed by atoms with Crippen LogP contribution in [0.1, 0.15) is 37.7 Å². The molecular formula is C20H30N2O3S. The Hall–Kier alpha value is -1.63. The van der Waals surface area contributed by atoms with E-state index in [1.54, 1.807) is 7.05 Å². The van der Waals surface area contributed by atoms with Crippen LogP contribution < -0.4 is 0 Å². The normalized spacial score (nSPS) is 21.6. The van der Waals surface area contributed by atoms with E-state index in [9.17, 15) is 8.42 Å². The van der Waals surface area contributed by atoms with Crippen LogP contribution in [0.2, 0.25) is 0 Å². The fraction of sp³-hybridized carbons (Fsp3) is 0.500. The molecule has 0 unspecified atom stereocenters. The van der Waals surface area contributed by atoms with Crippen molar-refractivity contribution in [2.45, 2.75) is 51.4 Å². The fourth-order valence-corrected chi connectivity index (χ4v) is 3.75. The molecule has 2 rings (SSSR count). The first kappa shape index (κ1) is 20.7. The number of hydrogen-bond donors (Lipinski definition) is 0. The van der Waals surface area contributed by atoms with Gasteiger partial charge in [0.05, 0.1) is 19.3 Å². The number of furan rings is 1. The summed E-state index contributed by atoms with van der Waals surface area (Å²) in [6.45, 7) is 10.9. The molecule has 0 fully saturated rings. The Bertz CT molecular complexity index is 764. The summed E-state index contributed by atoms with van der Waals surface area (Å²) in [5.41, 5.74) is 1.40. The van der Waals surface area contributed by atoms with Gasteiger partial charge in [0.25, 0.3) is 0 Å². The Morgan fingerprint density at radius 3 is 2.54 bits per heavy atom. The lowest BCUT2D eigenvalue weighted by Gasteiger charge is -2.40. The Labute approximate surface area is 157 Å². The van der Waals surface area contributed by atoms with Gasteiger partial charge in [-0.25, -0.2) is 8.42 Å². The maximum Gasteiger partial charge on any atom is 0.211 e. The lowest BCUT2D eigenvalue weighted by molar-refractivity contribution is 0.126. The molecule has 1 aromatic heterocycles. The predicted octanol–water partition coefficient (Wildman–Crippen LogP) is 3.71. The van der Waals surface area contributed by atoms with Gasteiger partial charge in [-0.15, -0.1) is 13.2 Å². The van der Waals surface area contributed by atoms with Crippen molar-refractivity contribution in [1.82, 2.24) is 9.21 Å². The summed E-state index contributed by atoms with van der Waals surface area (Å²) < 4.78 is 30.3. The lowest BCUT2D eigenvalue weighted by Crippen LogP contribution is -2.44. The highest BCUT2D eigenvalue weighted by Gasteiger charge is 2.29. The number of rotatable bonds is 9. The van der Waals surface area contributed by atoms with Gasteiger partial charge >= 0.3 is 0 Å². The van der Waals surface area contributed by atoms with Crippen LogP contribution in [-0.2, 0) is 23.1 Å². The van der Waals surface area contributed by atoms with Crippen LogP contribution in [0.3, 0.4) is 0 Å². The second-order valence-electron chi connectivity index (χ2n) is 7.05. The van der Waals surface area contributed by atoms with Gasteiger partial charge in [-0.1, -0.05) is 23.8 Å². The van der Waals surface area contributed by atoms with Crippen molar-refractivity contribution in [3.63, 3.8) is 0 Å². The summed E-state index contributed by atoms with van der Waals surface area (Å²) in [5.74, 6) is 1.50. The predicted molar refractivity (Wildman–Crippen MR) is 106 cm³/mol. The van der Waals surface area contributed by atoms with Crippen molar-refractivity contribution in [3.8, 4) is 0 Å². The minimum atomic E-state index is -3.22. The molecule has 1 aliphatic heterocycles. The topological polar surface area (TPSA) is 53.8 Å². The van der Waals surface area contributed by atoms with Crippen LogP contribution in [-0.4, -0.2) is 43.0 Å². The molecule has 5 nitrogen and oxygen atoms in total. The summed E-state index contributed by atoms with van der Waals surface area (Å²) in [7, 11) is -1.67. The number of nitrogens with zero attached hydrogens (tertiary/aromatic N) is 2. The molecule has 0 aromatic carbocycles. The van der Waals surface area contributed by atoms with E-state index in [2.05, 4.69) is 31.1 Å². The van der Waals surface area contributed by atoms with Crippen LogP contribution in [0.25, 0.3) is 0 Å². The lowest BCUT2D eigenvalue weighted by atomic mass is 9.92. The SMILES string of the molecule is C=CC[C@@H]1CC(C)=C[C@@H](CC=C)N1Cc1ccc(CN(C)S(C)(=O)=O)o1. The smallest absolute Gasteiger partial charge is 0.211 e. The van der Waals surface area contributed by atoms with Gasteiger partial charge in [-0.2, -0.15) is 4.31 Å². The molecule has 144 valence electrons. The van der Waals surface area contributed by atoms with Crippen LogP contribution in [0.15, 0.2) is 53.5 Å². The van der Waals surface area contributed by atoms with E-state index in [0.717, 1.165) is 25.0 Å². The zero-order valence-corrected chi connectivity index (χ0v) is 16.8. The van der Waals surface area contributed by atoms with E-state index in [4.69, 9.17) is 4.42 Å². The molecule has 0 saturated carbocycles. The molecule has 0 N–H and O–H groups in total. The first-order valence-electron chi connectivity index (χ1n) is 8.88. The van der Waals surface area contributed by atoms with Gasteiger partial charge in [0.2, 0.25) is 10.0 Å². The highest BCUT2D eigenvalue weighted by Crippen LogP contribution is 2.29. The summed E-state index contributed by atoms with van der Waals surface area (Å²) in [5, 5.41) is 0. The number of hydrogen-bond acceptors (Lipinski definition) is 4. The van der Waals surface area contributed by atoms with E-state index < -0.39 is 10.0 Å². The molecule has 2 heterocycles. The molecule has 1 aromatic rings. The standard InChI is InChI=1S/C20H30N2O3S/c1-6-8-17-12-16(3)13-18(9-7-2)22(17)15-20-11-10-19(25-20)14-21(4)26(5,23)24/h6-7,10-12,17-18H,1-2,8-9,13-15H2,3-5H3/t17-,18-/m1/s1. The molecule has 0 radical (unpaired) electrons. The molecule has 26 heavy (non-hydrogen) atoms. The molecule has 0 bridgehead atoms. The van der Waals surface area contributed by atoms with Crippen molar-refractivity contribution in [2.75, 3.05) is 13.3 Å². The van der Waals surface area contributed by atoms with Crippen molar-refractivity contribution in [2.24, 2.45) is 0 Å². The third kappa shape index (κ3) is 5.43. The quantitative estimate of drug-likeness (QED) is 0.615. The van der Waals surface area contributed by atoms with Crippen LogP contribution in [0, 0.1) is 0 Å². The minimum Gasteiger partial charge on any atom is -0.463 e. The van der Waals surface area contributed by atoms with Gasteiger partial charge < -0.3 is 4.42 Å². The molecule has 2 atom stereocenters. The Kier molecular flexibility index (Phi) is 7.03. The first-order valence-corrected chi connectivity index (χ1v) is 10.7. The summed E-state index contributed by atoms with van der Waals surface area (Å²) >= 11 is 0. The van der Waals surface area contributed by atoms with Gasteiger partial charge in [0, 0.05) is 19.1 Å². The average molecular weight is 379 g/mol. The molecule has 0 saturated heterocycles. The van der Waals surface area contributed by atoms with E-state index in [0.29, 0.717) is 24.4 Å². The zero-order valence-electron chi connectivity index (χ0n) is 16.0. The van der Waals surface area contributed by atoms with Crippen molar-refractivity contribution < 1.29 is 12.8 Å². The fourth-order valence-electron chi connectivity index (χ4n) is 3.39. The maximum absolute atomic E-state index is 11.6. The maximum atomic E-state index is 11.6. The minimum absolute atomic E-state index is 0.240. The van der Waals surface area contributed by atoms with E-state index in [1.807, 2.05) is 24.3 Å². The largest absolute Gasteiger partial charge is 0.463 e. The second kappa shape index (κ2) is 8.84. The molecule has 0 aliphatic carbocycles.